The minimum Gasteiger partial charge on any atom is -0.452 e. The number of rotatable bonds is 4. The molecule has 0 aromatic rings. The van der Waals surface area contributed by atoms with E-state index < -0.39 is 34.5 Å². The number of hydrogen-bond acceptors (Lipinski definition) is 4. The van der Waals surface area contributed by atoms with Crippen LogP contribution in [0, 0.1) is 22.9 Å². The molecule has 4 nitrogen and oxygen atoms in total. The maximum atomic E-state index is 11.4. The molecule has 0 aliphatic carbocycles. The van der Waals surface area contributed by atoms with Crippen molar-refractivity contribution in [3.05, 3.63) is 0 Å². The fraction of sp³-hybridized carbons (Fsp3) is 0.600. The van der Waals surface area contributed by atoms with Crippen LogP contribution in [0.25, 0.3) is 0 Å². The zero-order chi connectivity index (χ0) is 16.5. The molecule has 0 rings (SSSR count). The summed E-state index contributed by atoms with van der Waals surface area (Å²) in [5.74, 6) is 4.35. The Balaban J connectivity index is 3.97. The van der Waals surface area contributed by atoms with Gasteiger partial charge in [0.1, 0.15) is 22.6 Å². The van der Waals surface area contributed by atoms with E-state index in [4.69, 9.17) is 9.47 Å². The van der Waals surface area contributed by atoms with Crippen LogP contribution >= 0.6 is 0 Å². The van der Waals surface area contributed by atoms with Crippen LogP contribution in [0.1, 0.15) is 6.42 Å². The first-order chi connectivity index (χ1) is 9.49. The molecule has 0 bridgehead atoms. The smallest absolute Gasteiger partial charge is 0.318 e. The van der Waals surface area contributed by atoms with Crippen molar-refractivity contribution in [1.82, 2.24) is 0 Å². The molecule has 116 valence electrons. The third kappa shape index (κ3) is 14.7. The van der Waals surface area contributed by atoms with Gasteiger partial charge in [0.05, 0.1) is 0 Å². The zero-order valence-electron chi connectivity index (χ0n) is 13.8. The molecule has 0 fully saturated rings. The van der Waals surface area contributed by atoms with Crippen molar-refractivity contribution in [2.45, 2.75) is 45.7 Å². The molecule has 0 heterocycles. The minimum atomic E-state index is -1.45. The number of esters is 2. The van der Waals surface area contributed by atoms with Gasteiger partial charge in [-0.15, -0.1) is 11.1 Å². The summed E-state index contributed by atoms with van der Waals surface area (Å²) in [5, 5.41) is 0. The summed E-state index contributed by atoms with van der Waals surface area (Å²) in [7, 11) is -2.91. The van der Waals surface area contributed by atoms with Gasteiger partial charge < -0.3 is 9.47 Å². The summed E-state index contributed by atoms with van der Waals surface area (Å²) in [6.07, 6.45) is -0.400. The van der Waals surface area contributed by atoms with Gasteiger partial charge in [0.15, 0.2) is 13.2 Å². The third-order valence-electron chi connectivity index (χ3n) is 1.83. The predicted octanol–water partition coefficient (Wildman–Crippen LogP) is 2.22. The van der Waals surface area contributed by atoms with Gasteiger partial charge in [0.2, 0.25) is 0 Å². The Labute approximate surface area is 129 Å². The molecule has 0 amide bonds. The SMILES string of the molecule is C[Si](C)(C)C#CCOC(=O)CC(=O)OCC#C[Si](C)(C)C. The number of carbonyl (C=O) groups excluding carboxylic acids is 2. The van der Waals surface area contributed by atoms with E-state index in [-0.39, 0.29) is 13.2 Å². The lowest BCUT2D eigenvalue weighted by Crippen LogP contribution is -2.18. The standard InChI is InChI=1S/C15H24O4Si2/c1-20(2,3)11-7-9-18-14(16)13-15(17)19-10-8-12-21(4,5)6/h9-10,13H2,1-6H3. The summed E-state index contributed by atoms with van der Waals surface area (Å²) in [6.45, 7) is 12.6. The highest BCUT2D eigenvalue weighted by molar-refractivity contribution is 6.84. The Morgan fingerprint density at radius 1 is 0.762 bits per heavy atom. The Morgan fingerprint density at radius 2 is 1.10 bits per heavy atom. The molecule has 0 aliphatic heterocycles. The van der Waals surface area contributed by atoms with Crippen molar-refractivity contribution in [2.75, 3.05) is 13.2 Å². The maximum Gasteiger partial charge on any atom is 0.318 e. The molecule has 0 aromatic carbocycles. The molecule has 0 spiro atoms. The molecule has 21 heavy (non-hydrogen) atoms. The molecule has 0 unspecified atom stereocenters. The lowest BCUT2D eigenvalue weighted by Gasteiger charge is -2.05. The first-order valence-electron chi connectivity index (χ1n) is 6.81. The van der Waals surface area contributed by atoms with Gasteiger partial charge in [-0.1, -0.05) is 51.1 Å². The number of hydrogen-bond donors (Lipinski definition) is 0. The Morgan fingerprint density at radius 3 is 1.38 bits per heavy atom. The second-order valence-electron chi connectivity index (χ2n) is 6.60. The van der Waals surface area contributed by atoms with E-state index in [1.165, 1.54) is 0 Å². The third-order valence-corrected chi connectivity index (χ3v) is 3.68. The second-order valence-corrected chi connectivity index (χ2v) is 16.1. The van der Waals surface area contributed by atoms with Crippen molar-refractivity contribution >= 4 is 28.1 Å². The van der Waals surface area contributed by atoms with Crippen molar-refractivity contribution in [1.29, 1.82) is 0 Å². The van der Waals surface area contributed by atoms with Crippen LogP contribution in [0.2, 0.25) is 39.3 Å². The lowest BCUT2D eigenvalue weighted by atomic mass is 10.4. The first-order valence-corrected chi connectivity index (χ1v) is 13.8. The van der Waals surface area contributed by atoms with E-state index in [9.17, 15) is 9.59 Å². The maximum absolute atomic E-state index is 11.4. The Kier molecular flexibility index (Phi) is 8.08. The van der Waals surface area contributed by atoms with Crippen LogP contribution in [-0.2, 0) is 19.1 Å². The van der Waals surface area contributed by atoms with Gasteiger partial charge in [0, 0.05) is 0 Å². The van der Waals surface area contributed by atoms with Crippen LogP contribution < -0.4 is 0 Å². The van der Waals surface area contributed by atoms with E-state index in [0.717, 1.165) is 0 Å². The fourth-order valence-electron chi connectivity index (χ4n) is 1.06. The van der Waals surface area contributed by atoms with Gasteiger partial charge in [-0.2, -0.15) is 0 Å². The van der Waals surface area contributed by atoms with Crippen LogP contribution in [0.5, 0.6) is 0 Å². The monoisotopic (exact) mass is 324 g/mol. The highest BCUT2D eigenvalue weighted by atomic mass is 28.3. The molecule has 0 aromatic heterocycles. The van der Waals surface area contributed by atoms with E-state index >= 15 is 0 Å². The van der Waals surface area contributed by atoms with Crippen molar-refractivity contribution in [3.8, 4) is 22.9 Å². The summed E-state index contributed by atoms with van der Waals surface area (Å²) >= 11 is 0. The highest BCUT2D eigenvalue weighted by Crippen LogP contribution is 1.97. The molecule has 0 radical (unpaired) electrons. The summed E-state index contributed by atoms with van der Waals surface area (Å²) in [6, 6.07) is 0. The quantitative estimate of drug-likeness (QED) is 0.344. The van der Waals surface area contributed by atoms with Crippen LogP contribution in [0.3, 0.4) is 0 Å². The molecular weight excluding hydrogens is 300 g/mol. The minimum absolute atomic E-state index is 0.0197. The van der Waals surface area contributed by atoms with Crippen LogP contribution in [0.4, 0.5) is 0 Å². The molecule has 6 heteroatoms. The summed E-state index contributed by atoms with van der Waals surface area (Å²) < 4.78 is 9.70. The van der Waals surface area contributed by atoms with Crippen molar-refractivity contribution < 1.29 is 19.1 Å². The van der Waals surface area contributed by atoms with Gasteiger partial charge in [-0.05, 0) is 0 Å². The molecule has 0 aliphatic rings. The molecule has 0 N–H and O–H groups in total. The van der Waals surface area contributed by atoms with E-state index in [0.29, 0.717) is 0 Å². The Bertz CT molecular complexity index is 444. The molecule has 0 saturated heterocycles. The Hall–Kier alpha value is -1.51. The predicted molar refractivity (Wildman–Crippen MR) is 88.8 cm³/mol. The molecule has 0 saturated carbocycles. The van der Waals surface area contributed by atoms with Crippen LogP contribution in [0.15, 0.2) is 0 Å². The van der Waals surface area contributed by atoms with Gasteiger partial charge in [0.25, 0.3) is 0 Å². The number of ether oxygens (including phenoxy) is 2. The van der Waals surface area contributed by atoms with E-state index in [2.05, 4.69) is 62.2 Å². The van der Waals surface area contributed by atoms with E-state index in [1.807, 2.05) is 0 Å². The fourth-order valence-corrected chi connectivity index (χ4v) is 2.26. The first kappa shape index (κ1) is 19.5. The summed E-state index contributed by atoms with van der Waals surface area (Å²) in [4.78, 5) is 22.7. The van der Waals surface area contributed by atoms with Gasteiger partial charge in [-0.3, -0.25) is 9.59 Å². The topological polar surface area (TPSA) is 52.6 Å². The lowest BCUT2D eigenvalue weighted by molar-refractivity contribution is -0.152. The molecular formula is C15H24O4Si2. The van der Waals surface area contributed by atoms with E-state index in [1.54, 1.807) is 0 Å². The van der Waals surface area contributed by atoms with Crippen molar-refractivity contribution in [3.63, 3.8) is 0 Å². The largest absolute Gasteiger partial charge is 0.452 e. The molecule has 0 atom stereocenters. The van der Waals surface area contributed by atoms with Gasteiger partial charge >= 0.3 is 11.9 Å². The van der Waals surface area contributed by atoms with Gasteiger partial charge in [-0.25, -0.2) is 0 Å². The number of carbonyl (C=O) groups is 2. The summed E-state index contributed by atoms with van der Waals surface area (Å²) in [5.41, 5.74) is 6.14. The second kappa shape index (κ2) is 8.71. The highest BCUT2D eigenvalue weighted by Gasteiger charge is 2.12. The van der Waals surface area contributed by atoms with Crippen molar-refractivity contribution in [2.24, 2.45) is 0 Å². The zero-order valence-corrected chi connectivity index (χ0v) is 15.8. The average Bonchev–Trinajstić information content (AvgIpc) is 2.28. The van der Waals surface area contributed by atoms with Crippen LogP contribution in [-0.4, -0.2) is 41.3 Å². The average molecular weight is 325 g/mol. The normalized spacial score (nSPS) is 10.6.